The van der Waals surface area contributed by atoms with Crippen molar-refractivity contribution in [2.24, 2.45) is 11.1 Å². The number of nitrogens with two attached hydrogens (primary N) is 1. The highest BCUT2D eigenvalue weighted by molar-refractivity contribution is 5.74. The SMILES string of the molecule is Cc1ccc(CCNC(=O)N2CC(N)C3(CCC3)C2)nc1. The Balaban J connectivity index is 1.45. The fourth-order valence-electron chi connectivity index (χ4n) is 3.36. The van der Waals surface area contributed by atoms with Gasteiger partial charge in [-0.3, -0.25) is 4.98 Å². The molecule has 2 heterocycles. The zero-order chi connectivity index (χ0) is 14.9. The van der Waals surface area contributed by atoms with Gasteiger partial charge < -0.3 is 16.0 Å². The number of nitrogens with zero attached hydrogens (tertiary/aromatic N) is 2. The maximum absolute atomic E-state index is 12.2. The predicted molar refractivity (Wildman–Crippen MR) is 81.9 cm³/mol. The number of hydrogen-bond acceptors (Lipinski definition) is 3. The monoisotopic (exact) mass is 288 g/mol. The van der Waals surface area contributed by atoms with Gasteiger partial charge in [0.25, 0.3) is 0 Å². The lowest BCUT2D eigenvalue weighted by Gasteiger charge is -2.41. The molecule has 1 saturated heterocycles. The van der Waals surface area contributed by atoms with Gasteiger partial charge in [-0.25, -0.2) is 4.79 Å². The maximum atomic E-state index is 12.2. The average Bonchev–Trinajstić information content (AvgIpc) is 2.79. The van der Waals surface area contributed by atoms with E-state index < -0.39 is 0 Å². The number of nitrogens with one attached hydrogen (secondary N) is 1. The van der Waals surface area contributed by atoms with Gasteiger partial charge in [-0.1, -0.05) is 12.5 Å². The van der Waals surface area contributed by atoms with Crippen LogP contribution in [-0.2, 0) is 6.42 Å². The number of aromatic nitrogens is 1. The first kappa shape index (κ1) is 14.3. The summed E-state index contributed by atoms with van der Waals surface area (Å²) in [6.45, 7) is 4.15. The lowest BCUT2D eigenvalue weighted by Crippen LogP contribution is -2.45. The third kappa shape index (κ3) is 2.88. The molecule has 2 amide bonds. The van der Waals surface area contributed by atoms with Crippen LogP contribution in [0.1, 0.15) is 30.5 Å². The first-order valence-corrected chi connectivity index (χ1v) is 7.79. The van der Waals surface area contributed by atoms with Crippen LogP contribution in [0, 0.1) is 12.3 Å². The second-order valence-electron chi connectivity index (χ2n) is 6.51. The Kier molecular flexibility index (Phi) is 3.85. The lowest BCUT2D eigenvalue weighted by molar-refractivity contribution is 0.125. The number of amides is 2. The molecule has 0 aromatic carbocycles. The van der Waals surface area contributed by atoms with Crippen LogP contribution in [-0.4, -0.2) is 41.6 Å². The molecule has 1 aliphatic heterocycles. The fourth-order valence-corrected chi connectivity index (χ4v) is 3.36. The Hall–Kier alpha value is -1.62. The third-order valence-corrected chi connectivity index (χ3v) is 4.98. The molecule has 1 spiro atoms. The molecule has 1 aromatic rings. The van der Waals surface area contributed by atoms with Crippen molar-refractivity contribution in [3.05, 3.63) is 29.6 Å². The number of likely N-dealkylation sites (tertiary alicyclic amines) is 1. The second-order valence-corrected chi connectivity index (χ2v) is 6.51. The predicted octanol–water partition coefficient (Wildman–Crippen LogP) is 1.46. The summed E-state index contributed by atoms with van der Waals surface area (Å²) in [4.78, 5) is 18.4. The molecule has 1 aromatic heterocycles. The van der Waals surface area contributed by atoms with Gasteiger partial charge in [0.15, 0.2) is 0 Å². The minimum Gasteiger partial charge on any atom is -0.338 e. The zero-order valence-corrected chi connectivity index (χ0v) is 12.6. The van der Waals surface area contributed by atoms with Crippen LogP contribution in [0.4, 0.5) is 4.79 Å². The number of aryl methyl sites for hydroxylation is 1. The van der Waals surface area contributed by atoms with Gasteiger partial charge in [-0.2, -0.15) is 0 Å². The number of carbonyl (C=O) groups excluding carboxylic acids is 1. The standard InChI is InChI=1S/C16H24N4O/c1-12-3-4-13(19-9-12)5-8-18-15(21)20-10-14(17)16(11-20)6-2-7-16/h3-4,9,14H,2,5-8,10-11,17H2,1H3,(H,18,21). The van der Waals surface area contributed by atoms with Gasteiger partial charge in [0.1, 0.15) is 0 Å². The normalized spacial score (nSPS) is 23.1. The minimum atomic E-state index is 0.0151. The number of urea groups is 1. The molecule has 1 atom stereocenters. The maximum Gasteiger partial charge on any atom is 0.317 e. The van der Waals surface area contributed by atoms with E-state index >= 15 is 0 Å². The molecule has 1 unspecified atom stereocenters. The van der Waals surface area contributed by atoms with Gasteiger partial charge in [-0.15, -0.1) is 0 Å². The van der Waals surface area contributed by atoms with E-state index in [1.807, 2.05) is 30.2 Å². The second kappa shape index (κ2) is 5.64. The van der Waals surface area contributed by atoms with E-state index in [0.29, 0.717) is 13.1 Å². The van der Waals surface area contributed by atoms with E-state index in [-0.39, 0.29) is 17.5 Å². The largest absolute Gasteiger partial charge is 0.338 e. The minimum absolute atomic E-state index is 0.0151. The molecule has 2 aliphatic rings. The topological polar surface area (TPSA) is 71.2 Å². The van der Waals surface area contributed by atoms with E-state index in [9.17, 15) is 4.79 Å². The van der Waals surface area contributed by atoms with Crippen molar-refractivity contribution in [2.75, 3.05) is 19.6 Å². The molecule has 3 N–H and O–H groups in total. The van der Waals surface area contributed by atoms with Crippen LogP contribution in [0.2, 0.25) is 0 Å². The first-order valence-electron chi connectivity index (χ1n) is 7.79. The van der Waals surface area contributed by atoms with Gasteiger partial charge in [-0.05, 0) is 31.4 Å². The summed E-state index contributed by atoms with van der Waals surface area (Å²) in [6.07, 6.45) is 6.22. The average molecular weight is 288 g/mol. The van der Waals surface area contributed by atoms with Crippen molar-refractivity contribution in [1.29, 1.82) is 0 Å². The van der Waals surface area contributed by atoms with Gasteiger partial charge in [0.2, 0.25) is 0 Å². The third-order valence-electron chi connectivity index (χ3n) is 4.98. The number of rotatable bonds is 3. The summed E-state index contributed by atoms with van der Waals surface area (Å²) in [5, 5.41) is 2.99. The molecule has 3 rings (SSSR count). The van der Waals surface area contributed by atoms with Crippen LogP contribution in [0.25, 0.3) is 0 Å². The lowest BCUT2D eigenvalue weighted by atomic mass is 9.66. The van der Waals surface area contributed by atoms with Crippen LogP contribution in [0.3, 0.4) is 0 Å². The molecule has 5 nitrogen and oxygen atoms in total. The number of pyridine rings is 1. The summed E-state index contributed by atoms with van der Waals surface area (Å²) in [5.41, 5.74) is 8.58. The van der Waals surface area contributed by atoms with E-state index in [2.05, 4.69) is 10.3 Å². The van der Waals surface area contributed by atoms with Crippen molar-refractivity contribution < 1.29 is 4.79 Å². The molecule has 0 bridgehead atoms. The van der Waals surface area contributed by atoms with Crippen LogP contribution in [0.15, 0.2) is 18.3 Å². The van der Waals surface area contributed by atoms with Crippen LogP contribution in [0.5, 0.6) is 0 Å². The molecule has 21 heavy (non-hydrogen) atoms. The molecule has 1 saturated carbocycles. The Morgan fingerprint density at radius 1 is 1.52 bits per heavy atom. The molecule has 5 heteroatoms. The van der Waals surface area contributed by atoms with Crippen LogP contribution >= 0.6 is 0 Å². The van der Waals surface area contributed by atoms with Crippen molar-refractivity contribution in [3.8, 4) is 0 Å². The number of carbonyl (C=O) groups is 1. The summed E-state index contributed by atoms with van der Waals surface area (Å²) >= 11 is 0. The summed E-state index contributed by atoms with van der Waals surface area (Å²) < 4.78 is 0. The highest BCUT2D eigenvalue weighted by Gasteiger charge is 2.49. The Morgan fingerprint density at radius 3 is 2.90 bits per heavy atom. The molecule has 0 radical (unpaired) electrons. The summed E-state index contributed by atoms with van der Waals surface area (Å²) in [6, 6.07) is 4.22. The van der Waals surface area contributed by atoms with E-state index in [1.165, 1.54) is 19.3 Å². The van der Waals surface area contributed by atoms with Crippen molar-refractivity contribution in [1.82, 2.24) is 15.2 Å². The van der Waals surface area contributed by atoms with E-state index in [1.54, 1.807) is 0 Å². The molecule has 2 fully saturated rings. The highest BCUT2D eigenvalue weighted by atomic mass is 16.2. The molecular weight excluding hydrogens is 264 g/mol. The van der Waals surface area contributed by atoms with Gasteiger partial charge in [0.05, 0.1) is 0 Å². The number of hydrogen-bond donors (Lipinski definition) is 2. The highest BCUT2D eigenvalue weighted by Crippen LogP contribution is 2.47. The quantitative estimate of drug-likeness (QED) is 0.884. The van der Waals surface area contributed by atoms with Crippen molar-refractivity contribution in [2.45, 2.75) is 38.6 Å². The smallest absolute Gasteiger partial charge is 0.317 e. The molecule has 1 aliphatic carbocycles. The molecule has 114 valence electrons. The summed E-state index contributed by atoms with van der Waals surface area (Å²) in [7, 11) is 0. The molecular formula is C16H24N4O. The van der Waals surface area contributed by atoms with Crippen molar-refractivity contribution in [3.63, 3.8) is 0 Å². The fraction of sp³-hybridized carbons (Fsp3) is 0.625. The van der Waals surface area contributed by atoms with Crippen LogP contribution < -0.4 is 11.1 Å². The first-order chi connectivity index (χ1) is 10.1. The summed E-state index contributed by atoms with van der Waals surface area (Å²) in [5.74, 6) is 0. The Morgan fingerprint density at radius 2 is 2.33 bits per heavy atom. The van der Waals surface area contributed by atoms with Gasteiger partial charge in [0, 0.05) is 49.4 Å². The Bertz CT molecular complexity index is 510. The Labute approximate surface area is 125 Å². The van der Waals surface area contributed by atoms with E-state index in [0.717, 1.165) is 24.2 Å². The van der Waals surface area contributed by atoms with E-state index in [4.69, 9.17) is 5.73 Å². The zero-order valence-electron chi connectivity index (χ0n) is 12.6. The van der Waals surface area contributed by atoms with Crippen molar-refractivity contribution >= 4 is 6.03 Å². The van der Waals surface area contributed by atoms with Gasteiger partial charge >= 0.3 is 6.03 Å².